The van der Waals surface area contributed by atoms with E-state index in [0.29, 0.717) is 29.1 Å². The van der Waals surface area contributed by atoms with Gasteiger partial charge >= 0.3 is 0 Å². The molecule has 0 spiro atoms. The van der Waals surface area contributed by atoms with E-state index in [1.54, 1.807) is 12.1 Å². The fraction of sp³-hybridized carbons (Fsp3) is 0.273. The van der Waals surface area contributed by atoms with Gasteiger partial charge in [0.1, 0.15) is 5.75 Å². The maximum absolute atomic E-state index is 11.9. The molecule has 3 nitrogen and oxygen atoms in total. The summed E-state index contributed by atoms with van der Waals surface area (Å²) in [5.74, 6) is 0.544. The zero-order valence-corrected chi connectivity index (χ0v) is 11.2. The molecule has 0 fully saturated rings. The summed E-state index contributed by atoms with van der Waals surface area (Å²) in [5.41, 5.74) is 5.91. The minimum Gasteiger partial charge on any atom is -0.496 e. The van der Waals surface area contributed by atoms with Crippen molar-refractivity contribution in [3.8, 4) is 5.75 Å². The quantitative estimate of drug-likeness (QED) is 0.671. The third-order valence-electron chi connectivity index (χ3n) is 2.06. The van der Waals surface area contributed by atoms with E-state index in [4.69, 9.17) is 22.7 Å². The van der Waals surface area contributed by atoms with E-state index in [0.717, 1.165) is 4.47 Å². The van der Waals surface area contributed by atoms with Crippen LogP contribution < -0.4 is 10.5 Å². The predicted molar refractivity (Wildman–Crippen MR) is 71.0 cm³/mol. The van der Waals surface area contributed by atoms with Crippen molar-refractivity contribution in [2.75, 3.05) is 7.11 Å². The number of Topliss-reactive ketones (excluding diaryl/α,β-unsaturated/α-hetero) is 1. The number of benzene rings is 1. The second kappa shape index (κ2) is 5.96. The first kappa shape index (κ1) is 13.1. The molecule has 0 heterocycles. The molecular formula is C11H12BrNO2S. The lowest BCUT2D eigenvalue weighted by atomic mass is 10.1. The molecule has 2 N–H and O–H groups in total. The molecule has 0 aromatic heterocycles. The zero-order valence-electron chi connectivity index (χ0n) is 8.83. The van der Waals surface area contributed by atoms with E-state index >= 15 is 0 Å². The second-order valence-electron chi connectivity index (χ2n) is 3.23. The SMILES string of the molecule is COc1ccc(Br)cc1C(=O)CCC(N)=S. The lowest BCUT2D eigenvalue weighted by Crippen LogP contribution is -2.11. The molecule has 0 aliphatic heterocycles. The Labute approximate surface area is 108 Å². The number of ether oxygens (including phenoxy) is 1. The highest BCUT2D eigenvalue weighted by molar-refractivity contribution is 9.10. The maximum atomic E-state index is 11.9. The molecule has 5 heteroatoms. The highest BCUT2D eigenvalue weighted by Crippen LogP contribution is 2.24. The molecular weight excluding hydrogens is 290 g/mol. The van der Waals surface area contributed by atoms with E-state index < -0.39 is 0 Å². The molecule has 0 amide bonds. The topological polar surface area (TPSA) is 52.3 Å². The molecule has 0 aliphatic rings. The van der Waals surface area contributed by atoms with Crippen molar-refractivity contribution in [1.29, 1.82) is 0 Å². The van der Waals surface area contributed by atoms with Gasteiger partial charge in [0.15, 0.2) is 5.78 Å². The van der Waals surface area contributed by atoms with Crippen molar-refractivity contribution in [1.82, 2.24) is 0 Å². The van der Waals surface area contributed by atoms with Crippen molar-refractivity contribution < 1.29 is 9.53 Å². The van der Waals surface area contributed by atoms with Gasteiger partial charge in [-0.25, -0.2) is 0 Å². The first-order valence-corrected chi connectivity index (χ1v) is 5.89. The maximum Gasteiger partial charge on any atom is 0.167 e. The van der Waals surface area contributed by atoms with Crippen LogP contribution >= 0.6 is 28.1 Å². The average molecular weight is 302 g/mol. The Balaban J connectivity index is 2.88. The Morgan fingerprint density at radius 3 is 2.75 bits per heavy atom. The Bertz CT molecular complexity index is 420. The van der Waals surface area contributed by atoms with Crippen LogP contribution in [0.3, 0.4) is 0 Å². The highest BCUT2D eigenvalue weighted by Gasteiger charge is 2.12. The monoisotopic (exact) mass is 301 g/mol. The van der Waals surface area contributed by atoms with Crippen LogP contribution in [-0.2, 0) is 0 Å². The van der Waals surface area contributed by atoms with E-state index in [1.807, 2.05) is 6.07 Å². The van der Waals surface area contributed by atoms with Gasteiger partial charge in [0.05, 0.1) is 17.7 Å². The van der Waals surface area contributed by atoms with Crippen LogP contribution in [0, 0.1) is 0 Å². The summed E-state index contributed by atoms with van der Waals surface area (Å²) in [5, 5.41) is 0. The van der Waals surface area contributed by atoms with Crippen LogP contribution in [-0.4, -0.2) is 17.9 Å². The van der Waals surface area contributed by atoms with E-state index in [2.05, 4.69) is 15.9 Å². The molecule has 1 rings (SSSR count). The number of carbonyl (C=O) groups excluding carboxylic acids is 1. The van der Waals surface area contributed by atoms with Crippen molar-refractivity contribution in [2.24, 2.45) is 5.73 Å². The summed E-state index contributed by atoms with van der Waals surface area (Å²) in [6.07, 6.45) is 0.728. The summed E-state index contributed by atoms with van der Waals surface area (Å²) >= 11 is 8.05. The Morgan fingerprint density at radius 2 is 2.19 bits per heavy atom. The van der Waals surface area contributed by atoms with Gasteiger partial charge in [0, 0.05) is 17.3 Å². The van der Waals surface area contributed by atoms with Gasteiger partial charge in [-0.15, -0.1) is 0 Å². The van der Waals surface area contributed by atoms with Gasteiger partial charge in [0.25, 0.3) is 0 Å². The van der Waals surface area contributed by atoms with Crippen LogP contribution in [0.15, 0.2) is 22.7 Å². The molecule has 0 aliphatic carbocycles. The van der Waals surface area contributed by atoms with Gasteiger partial charge in [-0.1, -0.05) is 28.1 Å². The van der Waals surface area contributed by atoms with Crippen molar-refractivity contribution >= 4 is 38.9 Å². The third-order valence-corrected chi connectivity index (χ3v) is 2.76. The lowest BCUT2D eigenvalue weighted by Gasteiger charge is -2.07. The van der Waals surface area contributed by atoms with Gasteiger partial charge in [0.2, 0.25) is 0 Å². The Morgan fingerprint density at radius 1 is 1.50 bits per heavy atom. The van der Waals surface area contributed by atoms with E-state index in [-0.39, 0.29) is 5.78 Å². The molecule has 0 atom stereocenters. The molecule has 0 unspecified atom stereocenters. The normalized spacial score (nSPS) is 9.88. The predicted octanol–water partition coefficient (Wildman–Crippen LogP) is 2.71. The summed E-state index contributed by atoms with van der Waals surface area (Å²) in [7, 11) is 1.54. The highest BCUT2D eigenvalue weighted by atomic mass is 79.9. The largest absolute Gasteiger partial charge is 0.496 e. The number of hydrogen-bond acceptors (Lipinski definition) is 3. The van der Waals surface area contributed by atoms with Crippen molar-refractivity contribution in [2.45, 2.75) is 12.8 Å². The van der Waals surface area contributed by atoms with Gasteiger partial charge in [-0.05, 0) is 18.2 Å². The molecule has 0 saturated carbocycles. The number of methoxy groups -OCH3 is 1. The zero-order chi connectivity index (χ0) is 12.1. The Kier molecular flexibility index (Phi) is 4.89. The molecule has 1 aromatic carbocycles. The Hall–Kier alpha value is -0.940. The first-order chi connectivity index (χ1) is 7.54. The smallest absolute Gasteiger partial charge is 0.167 e. The number of ketones is 1. The lowest BCUT2D eigenvalue weighted by molar-refractivity contribution is 0.0982. The van der Waals surface area contributed by atoms with Crippen molar-refractivity contribution in [3.63, 3.8) is 0 Å². The van der Waals surface area contributed by atoms with E-state index in [9.17, 15) is 4.79 Å². The number of carbonyl (C=O) groups is 1. The summed E-state index contributed by atoms with van der Waals surface area (Å²) in [4.78, 5) is 12.2. The van der Waals surface area contributed by atoms with Crippen molar-refractivity contribution in [3.05, 3.63) is 28.2 Å². The van der Waals surface area contributed by atoms with Crippen LogP contribution in [0.25, 0.3) is 0 Å². The minimum absolute atomic E-state index is 0.0223. The van der Waals surface area contributed by atoms with Gasteiger partial charge in [-0.2, -0.15) is 0 Å². The van der Waals surface area contributed by atoms with Crippen LogP contribution in [0.4, 0.5) is 0 Å². The summed E-state index contributed by atoms with van der Waals surface area (Å²) < 4.78 is 5.96. The first-order valence-electron chi connectivity index (χ1n) is 4.69. The number of hydrogen-bond donors (Lipinski definition) is 1. The van der Waals surface area contributed by atoms with Crippen LogP contribution in [0.1, 0.15) is 23.2 Å². The number of thiocarbonyl (C=S) groups is 1. The number of halogens is 1. The fourth-order valence-electron chi connectivity index (χ4n) is 1.27. The van der Waals surface area contributed by atoms with Crippen LogP contribution in [0.5, 0.6) is 5.75 Å². The number of rotatable bonds is 5. The fourth-order valence-corrected chi connectivity index (χ4v) is 1.73. The molecule has 0 saturated heterocycles. The minimum atomic E-state index is -0.0223. The second-order valence-corrected chi connectivity index (χ2v) is 4.67. The molecule has 0 bridgehead atoms. The number of nitrogens with two attached hydrogens (primary N) is 1. The van der Waals surface area contributed by atoms with Gasteiger partial charge in [-0.3, -0.25) is 4.79 Å². The third kappa shape index (κ3) is 3.57. The molecule has 1 aromatic rings. The summed E-state index contributed by atoms with van der Waals surface area (Å²) in [6.45, 7) is 0. The molecule has 16 heavy (non-hydrogen) atoms. The summed E-state index contributed by atoms with van der Waals surface area (Å²) in [6, 6.07) is 5.31. The molecule has 86 valence electrons. The van der Waals surface area contributed by atoms with Gasteiger partial charge < -0.3 is 10.5 Å². The standard InChI is InChI=1S/C11H12BrNO2S/c1-15-10-4-2-7(12)6-8(10)9(14)3-5-11(13)16/h2,4,6H,3,5H2,1H3,(H2,13,16). The average Bonchev–Trinajstić information content (AvgIpc) is 2.25. The molecule has 0 radical (unpaired) electrons. The van der Waals surface area contributed by atoms with Crippen LogP contribution in [0.2, 0.25) is 0 Å². The van der Waals surface area contributed by atoms with E-state index in [1.165, 1.54) is 7.11 Å².